The van der Waals surface area contributed by atoms with E-state index in [1.165, 1.54) is 0 Å². The van der Waals surface area contributed by atoms with Gasteiger partial charge in [0.05, 0.1) is 11.1 Å². The third-order valence-corrected chi connectivity index (χ3v) is 2.81. The van der Waals surface area contributed by atoms with Gasteiger partial charge in [0.15, 0.2) is 0 Å². The molecule has 0 radical (unpaired) electrons. The van der Waals surface area contributed by atoms with Gasteiger partial charge >= 0.3 is 0 Å². The third-order valence-electron chi connectivity index (χ3n) is 1.79. The summed E-state index contributed by atoms with van der Waals surface area (Å²) < 4.78 is 0. The van der Waals surface area contributed by atoms with Gasteiger partial charge < -0.3 is 10.2 Å². The van der Waals surface area contributed by atoms with Gasteiger partial charge in [0.25, 0.3) is 0 Å². The van der Waals surface area contributed by atoms with E-state index in [-0.39, 0.29) is 6.61 Å². The van der Waals surface area contributed by atoms with Crippen LogP contribution in [0.3, 0.4) is 0 Å². The molecule has 2 N–H and O–H groups in total. The quantitative estimate of drug-likeness (QED) is 0.576. The van der Waals surface area contributed by atoms with Crippen molar-refractivity contribution in [3.05, 3.63) is 23.9 Å². The van der Waals surface area contributed by atoms with E-state index in [1.807, 2.05) is 6.07 Å². The summed E-state index contributed by atoms with van der Waals surface area (Å²) in [5, 5.41) is 18.9. The zero-order valence-electron chi connectivity index (χ0n) is 8.18. The lowest BCUT2D eigenvalue weighted by Gasteiger charge is -2.05. The van der Waals surface area contributed by atoms with Crippen LogP contribution in [0.25, 0.3) is 0 Å². The zero-order chi connectivity index (χ0) is 10.4. The van der Waals surface area contributed by atoms with E-state index in [0.717, 1.165) is 22.8 Å². The lowest BCUT2D eigenvalue weighted by molar-refractivity contribution is 0.199. The van der Waals surface area contributed by atoms with E-state index in [1.54, 1.807) is 30.9 Å². The summed E-state index contributed by atoms with van der Waals surface area (Å²) >= 11 is 1.59. The predicted octanol–water partition coefficient (Wildman–Crippen LogP) is 1.61. The molecule has 3 nitrogen and oxygen atoms in total. The Labute approximate surface area is 88.2 Å². The summed E-state index contributed by atoms with van der Waals surface area (Å²) in [6, 6.07) is 3.69. The maximum Gasteiger partial charge on any atom is 0.0963 e. The molecule has 0 saturated heterocycles. The minimum Gasteiger partial charge on any atom is -0.396 e. The summed E-state index contributed by atoms with van der Waals surface area (Å²) in [5.74, 6) is 0.854. The number of aliphatic hydroxyl groups excluding tert-OH is 2. The van der Waals surface area contributed by atoms with Crippen molar-refractivity contribution in [3.63, 3.8) is 0 Å². The molecule has 0 saturated carbocycles. The first-order valence-electron chi connectivity index (χ1n) is 4.61. The topological polar surface area (TPSA) is 53.4 Å². The first kappa shape index (κ1) is 11.5. The number of hydrogen-bond donors (Lipinski definition) is 2. The lowest BCUT2D eigenvalue weighted by Crippen LogP contribution is -1.93. The van der Waals surface area contributed by atoms with Crippen LogP contribution in [0.2, 0.25) is 0 Å². The van der Waals surface area contributed by atoms with Crippen LogP contribution in [0.15, 0.2) is 23.4 Å². The minimum atomic E-state index is -0.449. The van der Waals surface area contributed by atoms with Gasteiger partial charge in [-0.3, -0.25) is 0 Å². The molecule has 0 aliphatic rings. The maximum atomic E-state index is 9.34. The van der Waals surface area contributed by atoms with E-state index in [2.05, 4.69) is 4.98 Å². The fourth-order valence-electron chi connectivity index (χ4n) is 1.00. The molecule has 0 bridgehead atoms. The van der Waals surface area contributed by atoms with Crippen LogP contribution < -0.4 is 0 Å². The predicted molar refractivity (Wildman–Crippen MR) is 57.3 cm³/mol. The average molecular weight is 213 g/mol. The van der Waals surface area contributed by atoms with Crippen LogP contribution in [0.1, 0.15) is 25.0 Å². The molecule has 1 aromatic heterocycles. The minimum absolute atomic E-state index is 0.211. The second-order valence-corrected chi connectivity index (χ2v) is 4.14. The second kappa shape index (κ2) is 6.01. The Balaban J connectivity index is 2.55. The van der Waals surface area contributed by atoms with E-state index >= 15 is 0 Å². The summed E-state index contributed by atoms with van der Waals surface area (Å²) in [4.78, 5) is 4.16. The standard InChI is InChI=1S/C10H15NO2S/c1-8(13)9-3-4-11-10(7-9)14-6-2-5-12/h3-4,7-8,12-13H,2,5-6H2,1H3/t8-/m0/s1. The number of nitrogens with zero attached hydrogens (tertiary/aromatic N) is 1. The Kier molecular flexibility index (Phi) is 4.93. The number of pyridine rings is 1. The van der Waals surface area contributed by atoms with Gasteiger partial charge in [0, 0.05) is 18.6 Å². The van der Waals surface area contributed by atoms with Crippen molar-refractivity contribution in [3.8, 4) is 0 Å². The molecule has 0 aliphatic heterocycles. The van der Waals surface area contributed by atoms with Crippen LogP contribution in [-0.2, 0) is 0 Å². The molecule has 1 atom stereocenters. The molecular formula is C10H15NO2S. The first-order valence-corrected chi connectivity index (χ1v) is 5.60. The Hall–Kier alpha value is -0.580. The number of hydrogen-bond acceptors (Lipinski definition) is 4. The first-order chi connectivity index (χ1) is 6.74. The molecule has 14 heavy (non-hydrogen) atoms. The van der Waals surface area contributed by atoms with Crippen LogP contribution in [0.5, 0.6) is 0 Å². The fourth-order valence-corrected chi connectivity index (χ4v) is 1.84. The van der Waals surface area contributed by atoms with Crippen molar-refractivity contribution >= 4 is 11.8 Å². The molecular weight excluding hydrogens is 198 g/mol. The van der Waals surface area contributed by atoms with Gasteiger partial charge in [-0.2, -0.15) is 0 Å². The number of aromatic nitrogens is 1. The Morgan fingerprint density at radius 2 is 2.36 bits per heavy atom. The molecule has 1 rings (SSSR count). The highest BCUT2D eigenvalue weighted by Crippen LogP contribution is 2.20. The summed E-state index contributed by atoms with van der Waals surface area (Å²) in [6.45, 7) is 1.95. The molecule has 0 spiro atoms. The van der Waals surface area contributed by atoms with Crippen molar-refractivity contribution in [2.75, 3.05) is 12.4 Å². The molecule has 0 aromatic carbocycles. The van der Waals surface area contributed by atoms with Gasteiger partial charge in [-0.25, -0.2) is 4.98 Å². The van der Waals surface area contributed by atoms with Crippen LogP contribution in [0, 0.1) is 0 Å². The van der Waals surface area contributed by atoms with E-state index in [4.69, 9.17) is 5.11 Å². The molecule has 78 valence electrons. The van der Waals surface area contributed by atoms with Crippen molar-refractivity contribution < 1.29 is 10.2 Å². The lowest BCUT2D eigenvalue weighted by atomic mass is 10.2. The number of aliphatic hydroxyl groups is 2. The van der Waals surface area contributed by atoms with Crippen LogP contribution >= 0.6 is 11.8 Å². The van der Waals surface area contributed by atoms with E-state index in [0.29, 0.717) is 0 Å². The Morgan fingerprint density at radius 1 is 1.57 bits per heavy atom. The van der Waals surface area contributed by atoms with Crippen molar-refractivity contribution in [2.24, 2.45) is 0 Å². The third kappa shape index (κ3) is 3.65. The summed E-state index contributed by atoms with van der Waals surface area (Å²) in [7, 11) is 0. The van der Waals surface area contributed by atoms with Gasteiger partial charge in [-0.15, -0.1) is 11.8 Å². The van der Waals surface area contributed by atoms with Crippen LogP contribution in [0.4, 0.5) is 0 Å². The largest absolute Gasteiger partial charge is 0.396 e. The van der Waals surface area contributed by atoms with Crippen LogP contribution in [-0.4, -0.2) is 27.6 Å². The summed E-state index contributed by atoms with van der Waals surface area (Å²) in [5.41, 5.74) is 0.881. The zero-order valence-corrected chi connectivity index (χ0v) is 9.00. The van der Waals surface area contributed by atoms with Gasteiger partial charge in [0.1, 0.15) is 0 Å². The Bertz CT molecular complexity index is 279. The Morgan fingerprint density at radius 3 is 3.00 bits per heavy atom. The highest BCUT2D eigenvalue weighted by Gasteiger charge is 2.02. The molecule has 0 unspecified atom stereocenters. The average Bonchev–Trinajstić information content (AvgIpc) is 2.19. The highest BCUT2D eigenvalue weighted by molar-refractivity contribution is 7.99. The molecule has 0 aliphatic carbocycles. The molecule has 0 fully saturated rings. The second-order valence-electron chi connectivity index (χ2n) is 3.03. The van der Waals surface area contributed by atoms with Crippen molar-refractivity contribution in [2.45, 2.75) is 24.5 Å². The number of rotatable bonds is 5. The highest BCUT2D eigenvalue weighted by atomic mass is 32.2. The SMILES string of the molecule is C[C@H](O)c1ccnc(SCCCO)c1. The molecule has 1 aromatic rings. The van der Waals surface area contributed by atoms with Gasteiger partial charge in [-0.1, -0.05) is 0 Å². The van der Waals surface area contributed by atoms with E-state index < -0.39 is 6.10 Å². The summed E-state index contributed by atoms with van der Waals surface area (Å²) in [6.07, 6.45) is 2.02. The van der Waals surface area contributed by atoms with Crippen molar-refractivity contribution in [1.29, 1.82) is 0 Å². The monoisotopic (exact) mass is 213 g/mol. The van der Waals surface area contributed by atoms with E-state index in [9.17, 15) is 5.11 Å². The van der Waals surface area contributed by atoms with Gasteiger partial charge in [-0.05, 0) is 31.0 Å². The fraction of sp³-hybridized carbons (Fsp3) is 0.500. The normalized spacial score (nSPS) is 12.8. The van der Waals surface area contributed by atoms with Crippen molar-refractivity contribution in [1.82, 2.24) is 4.98 Å². The molecule has 4 heteroatoms. The molecule has 1 heterocycles. The van der Waals surface area contributed by atoms with Gasteiger partial charge in [0.2, 0.25) is 0 Å². The maximum absolute atomic E-state index is 9.34. The number of thioether (sulfide) groups is 1. The molecule has 0 amide bonds. The smallest absolute Gasteiger partial charge is 0.0963 e.